The molecule has 22 heavy (non-hydrogen) atoms. The molecule has 3 N–H and O–H groups in total. The largest absolute Gasteiger partial charge is 0.404 e. The van der Waals surface area contributed by atoms with E-state index in [0.29, 0.717) is 11.5 Å². The Labute approximate surface area is 132 Å². The summed E-state index contributed by atoms with van der Waals surface area (Å²) in [4.78, 5) is 12.5. The van der Waals surface area contributed by atoms with Crippen LogP contribution in [0.2, 0.25) is 5.28 Å². The summed E-state index contributed by atoms with van der Waals surface area (Å²) >= 11 is 5.95. The number of rotatable bonds is 3. The predicted molar refractivity (Wildman–Crippen MR) is 89.9 cm³/mol. The zero-order valence-electron chi connectivity index (χ0n) is 11.9. The molecule has 0 bridgehead atoms. The van der Waals surface area contributed by atoms with Crippen LogP contribution in [0.25, 0.3) is 16.6 Å². The first-order valence-electron chi connectivity index (χ1n) is 6.71. The lowest BCUT2D eigenvalue weighted by Crippen LogP contribution is -1.98. The minimum atomic E-state index is 0.159. The molecular weight excluding hydrogens is 298 g/mol. The van der Waals surface area contributed by atoms with Crippen molar-refractivity contribution in [2.75, 3.05) is 5.32 Å². The molecule has 0 spiro atoms. The molecule has 0 aliphatic heterocycles. The smallest absolute Gasteiger partial charge is 0.226 e. The molecule has 3 aromatic rings. The van der Waals surface area contributed by atoms with Crippen molar-refractivity contribution in [3.8, 4) is 0 Å². The highest BCUT2D eigenvalue weighted by atomic mass is 35.5. The Morgan fingerprint density at radius 3 is 2.68 bits per heavy atom. The van der Waals surface area contributed by atoms with E-state index >= 15 is 0 Å². The number of hydrogen-bond donors (Lipinski definition) is 2. The molecule has 2 heterocycles. The van der Waals surface area contributed by atoms with E-state index in [1.807, 2.05) is 43.3 Å². The van der Waals surface area contributed by atoms with Crippen LogP contribution in [0.15, 0.2) is 48.8 Å². The van der Waals surface area contributed by atoms with Crippen molar-refractivity contribution >= 4 is 39.7 Å². The van der Waals surface area contributed by atoms with Crippen molar-refractivity contribution in [1.82, 2.24) is 15.0 Å². The summed E-state index contributed by atoms with van der Waals surface area (Å²) in [5.74, 6) is 0.627. The Hall–Kier alpha value is -2.66. The van der Waals surface area contributed by atoms with Gasteiger partial charge in [-0.1, -0.05) is 12.1 Å². The molecule has 0 radical (unpaired) electrons. The number of anilines is 2. The molecule has 0 unspecified atom stereocenters. The van der Waals surface area contributed by atoms with E-state index < -0.39 is 0 Å². The topological polar surface area (TPSA) is 76.7 Å². The van der Waals surface area contributed by atoms with Gasteiger partial charge in [-0.3, -0.25) is 0 Å². The second-order valence-corrected chi connectivity index (χ2v) is 5.11. The lowest BCUT2D eigenvalue weighted by molar-refractivity contribution is 1.18. The van der Waals surface area contributed by atoms with Crippen LogP contribution in [0.3, 0.4) is 0 Å². The highest BCUT2D eigenvalue weighted by Gasteiger charge is 2.07. The Morgan fingerprint density at radius 1 is 1.18 bits per heavy atom. The first-order valence-corrected chi connectivity index (χ1v) is 7.09. The number of nitrogens with two attached hydrogens (primary N) is 1. The van der Waals surface area contributed by atoms with Crippen LogP contribution in [0, 0.1) is 0 Å². The van der Waals surface area contributed by atoms with E-state index in [-0.39, 0.29) is 5.28 Å². The van der Waals surface area contributed by atoms with Gasteiger partial charge in [0, 0.05) is 11.9 Å². The number of benzene rings is 1. The average Bonchev–Trinajstić information content (AvgIpc) is 2.54. The fourth-order valence-electron chi connectivity index (χ4n) is 2.08. The molecule has 2 aromatic heterocycles. The normalized spacial score (nSPS) is 11.6. The number of pyridine rings is 1. The second-order valence-electron chi connectivity index (χ2n) is 4.77. The van der Waals surface area contributed by atoms with Crippen LogP contribution >= 0.6 is 11.6 Å². The van der Waals surface area contributed by atoms with Crippen molar-refractivity contribution in [2.45, 2.75) is 6.92 Å². The Morgan fingerprint density at radius 2 is 1.95 bits per heavy atom. The first-order chi connectivity index (χ1) is 10.7. The van der Waals surface area contributed by atoms with Crippen LogP contribution in [-0.2, 0) is 0 Å². The molecule has 0 fully saturated rings. The van der Waals surface area contributed by atoms with E-state index in [2.05, 4.69) is 20.3 Å². The van der Waals surface area contributed by atoms with Crippen LogP contribution < -0.4 is 11.1 Å². The summed E-state index contributed by atoms with van der Waals surface area (Å²) in [5, 5.41) is 4.22. The number of fused-ring (bicyclic) bond motifs is 1. The fourth-order valence-corrected chi connectivity index (χ4v) is 2.25. The van der Waals surface area contributed by atoms with E-state index in [9.17, 15) is 0 Å². The van der Waals surface area contributed by atoms with E-state index in [1.165, 1.54) is 0 Å². The third kappa shape index (κ3) is 2.84. The van der Waals surface area contributed by atoms with Crippen molar-refractivity contribution in [1.29, 1.82) is 0 Å². The Bertz CT molecular complexity index is 843. The van der Waals surface area contributed by atoms with Gasteiger partial charge in [0.25, 0.3) is 0 Å². The SMILES string of the molecule is C/C(=C\N)c1ccc(Nc2nc(Cl)nc3ncccc23)cc1. The minimum Gasteiger partial charge on any atom is -0.404 e. The maximum absolute atomic E-state index is 5.95. The number of halogens is 1. The van der Waals surface area contributed by atoms with Crippen molar-refractivity contribution in [2.24, 2.45) is 5.73 Å². The van der Waals surface area contributed by atoms with Gasteiger partial charge in [0.05, 0.1) is 5.39 Å². The molecule has 1 aromatic carbocycles. The molecule has 0 amide bonds. The van der Waals surface area contributed by atoms with Gasteiger partial charge in [-0.25, -0.2) is 4.98 Å². The molecule has 6 heteroatoms. The quantitative estimate of drug-likeness (QED) is 0.720. The Balaban J connectivity index is 1.96. The monoisotopic (exact) mass is 311 g/mol. The maximum Gasteiger partial charge on any atom is 0.226 e. The zero-order valence-corrected chi connectivity index (χ0v) is 12.7. The predicted octanol–water partition coefficient (Wildman–Crippen LogP) is 3.74. The number of nitrogens with one attached hydrogen (secondary N) is 1. The molecule has 0 saturated carbocycles. The lowest BCUT2D eigenvalue weighted by atomic mass is 10.1. The molecular formula is C16H14ClN5. The first kappa shape index (κ1) is 14.3. The van der Waals surface area contributed by atoms with Crippen molar-refractivity contribution < 1.29 is 0 Å². The highest BCUT2D eigenvalue weighted by molar-refractivity contribution is 6.28. The van der Waals surface area contributed by atoms with Gasteiger partial charge in [0.15, 0.2) is 5.65 Å². The molecule has 5 nitrogen and oxygen atoms in total. The summed E-state index contributed by atoms with van der Waals surface area (Å²) in [5.41, 5.74) is 9.07. The van der Waals surface area contributed by atoms with Crippen LogP contribution in [0.4, 0.5) is 11.5 Å². The van der Waals surface area contributed by atoms with Crippen molar-refractivity contribution in [3.05, 3.63) is 59.6 Å². The molecule has 3 rings (SSSR count). The number of allylic oxidation sites excluding steroid dienone is 1. The fraction of sp³-hybridized carbons (Fsp3) is 0.0625. The molecule has 0 aliphatic carbocycles. The summed E-state index contributed by atoms with van der Waals surface area (Å²) < 4.78 is 0. The van der Waals surface area contributed by atoms with Gasteiger partial charge < -0.3 is 11.1 Å². The number of aromatic nitrogens is 3. The summed E-state index contributed by atoms with van der Waals surface area (Å²) in [6.07, 6.45) is 3.26. The molecule has 110 valence electrons. The van der Waals surface area contributed by atoms with Gasteiger partial charge in [0.1, 0.15) is 5.82 Å². The van der Waals surface area contributed by atoms with E-state index in [0.717, 1.165) is 22.2 Å². The number of hydrogen-bond acceptors (Lipinski definition) is 5. The van der Waals surface area contributed by atoms with E-state index in [1.54, 1.807) is 12.4 Å². The second kappa shape index (κ2) is 5.99. The van der Waals surface area contributed by atoms with Gasteiger partial charge in [-0.15, -0.1) is 0 Å². The maximum atomic E-state index is 5.95. The summed E-state index contributed by atoms with van der Waals surface area (Å²) in [6, 6.07) is 11.6. The van der Waals surface area contributed by atoms with Gasteiger partial charge in [-0.2, -0.15) is 9.97 Å². The molecule has 0 saturated heterocycles. The van der Waals surface area contributed by atoms with E-state index in [4.69, 9.17) is 17.3 Å². The summed E-state index contributed by atoms with van der Waals surface area (Å²) in [6.45, 7) is 1.96. The summed E-state index contributed by atoms with van der Waals surface area (Å²) in [7, 11) is 0. The van der Waals surface area contributed by atoms with Gasteiger partial charge in [-0.05, 0) is 60.1 Å². The van der Waals surface area contributed by atoms with Gasteiger partial charge in [0.2, 0.25) is 5.28 Å². The molecule has 0 atom stereocenters. The van der Waals surface area contributed by atoms with Gasteiger partial charge >= 0.3 is 0 Å². The Kier molecular flexibility index (Phi) is 3.89. The third-order valence-corrected chi connectivity index (χ3v) is 3.47. The highest BCUT2D eigenvalue weighted by Crippen LogP contribution is 2.25. The third-order valence-electron chi connectivity index (χ3n) is 3.30. The van der Waals surface area contributed by atoms with Crippen LogP contribution in [-0.4, -0.2) is 15.0 Å². The van der Waals surface area contributed by atoms with Crippen molar-refractivity contribution in [3.63, 3.8) is 0 Å². The lowest BCUT2D eigenvalue weighted by Gasteiger charge is -2.09. The zero-order chi connectivity index (χ0) is 15.5. The standard InChI is InChI=1S/C16H14ClN5/c1-10(9-18)11-4-6-12(7-5-11)20-15-13-3-2-8-19-14(13)21-16(17)22-15/h2-9H,18H2,1H3,(H,19,20,21,22)/b10-9+. The molecule has 0 aliphatic rings. The average molecular weight is 312 g/mol. The number of nitrogens with zero attached hydrogens (tertiary/aromatic N) is 3. The van der Waals surface area contributed by atoms with Crippen LogP contribution in [0.1, 0.15) is 12.5 Å². The minimum absolute atomic E-state index is 0.159. The van der Waals surface area contributed by atoms with Crippen LogP contribution in [0.5, 0.6) is 0 Å².